The van der Waals surface area contributed by atoms with Crippen LogP contribution in [0.3, 0.4) is 0 Å². The van der Waals surface area contributed by atoms with E-state index in [4.69, 9.17) is 4.74 Å². The van der Waals surface area contributed by atoms with Crippen LogP contribution in [0.25, 0.3) is 6.08 Å². The molecule has 0 bridgehead atoms. The maximum Gasteiger partial charge on any atom is 0.0506 e. The second-order valence-electron chi connectivity index (χ2n) is 4.55. The van der Waals surface area contributed by atoms with Crippen LogP contribution in [0.2, 0.25) is 0 Å². The molecule has 1 aromatic rings. The molecule has 1 fully saturated rings. The minimum absolute atomic E-state index is 0.703. The predicted molar refractivity (Wildman–Crippen MR) is 71.9 cm³/mol. The van der Waals surface area contributed by atoms with E-state index in [0.717, 1.165) is 26.3 Å². The summed E-state index contributed by atoms with van der Waals surface area (Å²) < 4.78 is 5.45. The van der Waals surface area contributed by atoms with E-state index in [-0.39, 0.29) is 0 Å². The van der Waals surface area contributed by atoms with Crippen molar-refractivity contribution in [3.05, 3.63) is 42.0 Å². The highest BCUT2D eigenvalue weighted by atomic mass is 16.5. The van der Waals surface area contributed by atoms with Gasteiger partial charge in [0.15, 0.2) is 0 Å². The Labute approximate surface area is 104 Å². The maximum absolute atomic E-state index is 5.45. The quantitative estimate of drug-likeness (QED) is 0.787. The Bertz CT molecular complexity index is 328. The van der Waals surface area contributed by atoms with Gasteiger partial charge in [-0.25, -0.2) is 0 Å². The fourth-order valence-electron chi connectivity index (χ4n) is 2.10. The number of benzene rings is 1. The van der Waals surface area contributed by atoms with Crippen molar-refractivity contribution in [2.24, 2.45) is 5.92 Å². The van der Waals surface area contributed by atoms with Crippen LogP contribution in [-0.4, -0.2) is 26.3 Å². The Morgan fingerprint density at radius 3 is 2.94 bits per heavy atom. The largest absolute Gasteiger partial charge is 0.381 e. The molecular weight excluding hydrogens is 210 g/mol. The Morgan fingerprint density at radius 1 is 1.29 bits per heavy atom. The summed E-state index contributed by atoms with van der Waals surface area (Å²) in [4.78, 5) is 0. The molecule has 1 aromatic carbocycles. The van der Waals surface area contributed by atoms with Crippen molar-refractivity contribution in [1.82, 2.24) is 5.32 Å². The summed E-state index contributed by atoms with van der Waals surface area (Å²) in [7, 11) is 0. The van der Waals surface area contributed by atoms with Crippen molar-refractivity contribution in [2.75, 3.05) is 26.3 Å². The van der Waals surface area contributed by atoms with Crippen molar-refractivity contribution >= 4 is 6.08 Å². The van der Waals surface area contributed by atoms with Crippen LogP contribution >= 0.6 is 0 Å². The molecular formula is C15H21NO. The molecule has 0 saturated carbocycles. The van der Waals surface area contributed by atoms with E-state index in [0.29, 0.717) is 5.92 Å². The topological polar surface area (TPSA) is 21.3 Å². The van der Waals surface area contributed by atoms with Gasteiger partial charge in [-0.3, -0.25) is 0 Å². The molecule has 92 valence electrons. The van der Waals surface area contributed by atoms with Crippen molar-refractivity contribution in [3.8, 4) is 0 Å². The molecule has 2 heteroatoms. The van der Waals surface area contributed by atoms with Crippen LogP contribution in [0.5, 0.6) is 0 Å². The number of hydrogen-bond acceptors (Lipinski definition) is 2. The lowest BCUT2D eigenvalue weighted by atomic mass is 10.0. The fourth-order valence-corrected chi connectivity index (χ4v) is 2.10. The Morgan fingerprint density at radius 2 is 2.18 bits per heavy atom. The van der Waals surface area contributed by atoms with Crippen molar-refractivity contribution < 1.29 is 4.74 Å². The van der Waals surface area contributed by atoms with Crippen molar-refractivity contribution in [2.45, 2.75) is 12.8 Å². The predicted octanol–water partition coefficient (Wildman–Crippen LogP) is 2.72. The molecule has 1 atom stereocenters. The van der Waals surface area contributed by atoms with Crippen LogP contribution in [0, 0.1) is 5.92 Å². The normalized spacial score (nSPS) is 20.8. The van der Waals surface area contributed by atoms with Gasteiger partial charge in [0.25, 0.3) is 0 Å². The average Bonchev–Trinajstić information content (AvgIpc) is 2.41. The van der Waals surface area contributed by atoms with Gasteiger partial charge >= 0.3 is 0 Å². The lowest BCUT2D eigenvalue weighted by molar-refractivity contribution is 0.0552. The van der Waals surface area contributed by atoms with Gasteiger partial charge in [0.05, 0.1) is 6.61 Å². The first-order chi connectivity index (χ1) is 8.45. The summed E-state index contributed by atoms with van der Waals surface area (Å²) in [5.41, 5.74) is 1.26. The van der Waals surface area contributed by atoms with E-state index >= 15 is 0 Å². The highest BCUT2D eigenvalue weighted by Crippen LogP contribution is 2.11. The van der Waals surface area contributed by atoms with Crippen molar-refractivity contribution in [3.63, 3.8) is 0 Å². The zero-order chi connectivity index (χ0) is 11.8. The molecule has 1 N–H and O–H groups in total. The van der Waals surface area contributed by atoms with Gasteiger partial charge in [0.1, 0.15) is 0 Å². The molecule has 1 unspecified atom stereocenters. The molecule has 0 amide bonds. The van der Waals surface area contributed by atoms with Crippen molar-refractivity contribution in [1.29, 1.82) is 0 Å². The molecule has 17 heavy (non-hydrogen) atoms. The first-order valence-electron chi connectivity index (χ1n) is 6.45. The van der Waals surface area contributed by atoms with Gasteiger partial charge < -0.3 is 10.1 Å². The highest BCUT2D eigenvalue weighted by molar-refractivity contribution is 5.48. The summed E-state index contributed by atoms with van der Waals surface area (Å²) in [6.07, 6.45) is 6.85. The summed E-state index contributed by atoms with van der Waals surface area (Å²) in [6.45, 7) is 3.88. The van der Waals surface area contributed by atoms with E-state index in [1.807, 2.05) is 6.07 Å². The standard InChI is InChI=1S/C15H21NO/c1-2-6-14(7-3-1)8-4-10-16-12-15-9-5-11-17-13-15/h1-4,6-8,15-16H,5,9-13H2. The fraction of sp³-hybridized carbons (Fsp3) is 0.467. The molecule has 2 nitrogen and oxygen atoms in total. The van der Waals surface area contributed by atoms with Gasteiger partial charge in [-0.15, -0.1) is 0 Å². The molecule has 1 aliphatic heterocycles. The van der Waals surface area contributed by atoms with Crippen LogP contribution in [0.15, 0.2) is 36.4 Å². The molecule has 1 heterocycles. The third-order valence-electron chi connectivity index (χ3n) is 3.06. The lowest BCUT2D eigenvalue weighted by Gasteiger charge is -2.21. The number of nitrogens with one attached hydrogen (secondary N) is 1. The summed E-state index contributed by atoms with van der Waals surface area (Å²) in [6, 6.07) is 10.4. The van der Waals surface area contributed by atoms with Crippen LogP contribution in [-0.2, 0) is 4.74 Å². The molecule has 0 aliphatic carbocycles. The van der Waals surface area contributed by atoms with Gasteiger partial charge in [-0.05, 0) is 24.3 Å². The van der Waals surface area contributed by atoms with Gasteiger partial charge in [-0.2, -0.15) is 0 Å². The highest BCUT2D eigenvalue weighted by Gasteiger charge is 2.12. The minimum atomic E-state index is 0.703. The van der Waals surface area contributed by atoms with E-state index in [1.54, 1.807) is 0 Å². The second kappa shape index (κ2) is 7.25. The number of rotatable bonds is 5. The minimum Gasteiger partial charge on any atom is -0.381 e. The first-order valence-corrected chi connectivity index (χ1v) is 6.45. The molecule has 1 aliphatic rings. The second-order valence-corrected chi connectivity index (χ2v) is 4.55. The molecule has 0 radical (unpaired) electrons. The van der Waals surface area contributed by atoms with Gasteiger partial charge in [0, 0.05) is 19.7 Å². The summed E-state index contributed by atoms with van der Waals surface area (Å²) in [5.74, 6) is 0.703. The molecule has 0 aromatic heterocycles. The van der Waals surface area contributed by atoms with E-state index < -0.39 is 0 Å². The number of ether oxygens (including phenoxy) is 1. The van der Waals surface area contributed by atoms with Crippen LogP contribution < -0.4 is 5.32 Å². The molecule has 1 saturated heterocycles. The summed E-state index contributed by atoms with van der Waals surface area (Å²) >= 11 is 0. The number of hydrogen-bond donors (Lipinski definition) is 1. The molecule has 2 rings (SSSR count). The Balaban J connectivity index is 1.61. The Kier molecular flexibility index (Phi) is 5.27. The lowest BCUT2D eigenvalue weighted by Crippen LogP contribution is -2.29. The molecule has 0 spiro atoms. The third kappa shape index (κ3) is 4.72. The Hall–Kier alpha value is -1.12. The smallest absolute Gasteiger partial charge is 0.0506 e. The maximum atomic E-state index is 5.45. The SMILES string of the molecule is C(=Cc1ccccc1)CNCC1CCCOC1. The summed E-state index contributed by atoms with van der Waals surface area (Å²) in [5, 5.41) is 3.46. The third-order valence-corrected chi connectivity index (χ3v) is 3.06. The van der Waals surface area contributed by atoms with Gasteiger partial charge in [0.2, 0.25) is 0 Å². The van der Waals surface area contributed by atoms with E-state index in [9.17, 15) is 0 Å². The monoisotopic (exact) mass is 231 g/mol. The zero-order valence-electron chi connectivity index (χ0n) is 10.3. The van der Waals surface area contributed by atoms with Crippen LogP contribution in [0.1, 0.15) is 18.4 Å². The first kappa shape index (κ1) is 12.3. The van der Waals surface area contributed by atoms with E-state index in [1.165, 1.54) is 18.4 Å². The van der Waals surface area contributed by atoms with Crippen LogP contribution in [0.4, 0.5) is 0 Å². The van der Waals surface area contributed by atoms with Gasteiger partial charge in [-0.1, -0.05) is 42.5 Å². The zero-order valence-corrected chi connectivity index (χ0v) is 10.3. The average molecular weight is 231 g/mol. The van der Waals surface area contributed by atoms with E-state index in [2.05, 4.69) is 41.7 Å².